The second-order valence-corrected chi connectivity index (χ2v) is 4.08. The number of phenolic OH excluding ortho intramolecular Hbond substituents is 1. The number of thiol groups is 1. The summed E-state index contributed by atoms with van der Waals surface area (Å²) in [5.41, 5.74) is 1.99. The summed E-state index contributed by atoms with van der Waals surface area (Å²) < 4.78 is 0. The van der Waals surface area contributed by atoms with E-state index in [4.69, 9.17) is 0 Å². The number of fused-ring (bicyclic) bond motifs is 1. The molecule has 0 spiro atoms. The first kappa shape index (κ1) is 9.41. The SMILES string of the molecule is Cc1ccc2cc(S)c(C)c(O)c2c1. The predicted molar refractivity (Wildman–Crippen MR) is 62.3 cm³/mol. The van der Waals surface area contributed by atoms with Gasteiger partial charge in [-0.15, -0.1) is 12.6 Å². The average molecular weight is 204 g/mol. The lowest BCUT2D eigenvalue weighted by Gasteiger charge is -2.07. The maximum absolute atomic E-state index is 9.91. The summed E-state index contributed by atoms with van der Waals surface area (Å²) in [5.74, 6) is 0.344. The Balaban J connectivity index is 2.92. The van der Waals surface area contributed by atoms with E-state index in [0.717, 1.165) is 26.8 Å². The standard InChI is InChI=1S/C12H12OS/c1-7-3-4-9-6-11(14)8(2)12(13)10(9)5-7/h3-6,13-14H,1-2H3. The summed E-state index contributed by atoms with van der Waals surface area (Å²) in [4.78, 5) is 0.832. The van der Waals surface area contributed by atoms with Crippen molar-refractivity contribution in [3.05, 3.63) is 35.4 Å². The van der Waals surface area contributed by atoms with E-state index in [-0.39, 0.29) is 0 Å². The molecule has 2 heteroatoms. The van der Waals surface area contributed by atoms with Crippen LogP contribution in [0.1, 0.15) is 11.1 Å². The highest BCUT2D eigenvalue weighted by atomic mass is 32.1. The third kappa shape index (κ3) is 1.36. The van der Waals surface area contributed by atoms with Crippen molar-refractivity contribution in [3.8, 4) is 5.75 Å². The van der Waals surface area contributed by atoms with Gasteiger partial charge in [-0.1, -0.05) is 17.7 Å². The molecule has 0 aliphatic rings. The third-order valence-electron chi connectivity index (χ3n) is 2.50. The zero-order valence-corrected chi connectivity index (χ0v) is 9.10. The Morgan fingerprint density at radius 1 is 1.14 bits per heavy atom. The van der Waals surface area contributed by atoms with Gasteiger partial charge in [-0.3, -0.25) is 0 Å². The average Bonchev–Trinajstić information content (AvgIpc) is 2.16. The van der Waals surface area contributed by atoms with E-state index >= 15 is 0 Å². The summed E-state index contributed by atoms with van der Waals surface area (Å²) in [5, 5.41) is 11.8. The van der Waals surface area contributed by atoms with E-state index in [1.165, 1.54) is 0 Å². The van der Waals surface area contributed by atoms with Crippen molar-refractivity contribution in [3.63, 3.8) is 0 Å². The first-order valence-corrected chi connectivity index (χ1v) is 4.96. The van der Waals surface area contributed by atoms with E-state index in [2.05, 4.69) is 12.6 Å². The monoisotopic (exact) mass is 204 g/mol. The zero-order chi connectivity index (χ0) is 10.3. The van der Waals surface area contributed by atoms with Crippen molar-refractivity contribution in [2.24, 2.45) is 0 Å². The highest BCUT2D eigenvalue weighted by Crippen LogP contribution is 2.33. The van der Waals surface area contributed by atoms with Crippen molar-refractivity contribution in [2.45, 2.75) is 18.7 Å². The van der Waals surface area contributed by atoms with E-state index in [1.54, 1.807) is 0 Å². The third-order valence-corrected chi connectivity index (χ3v) is 2.96. The fraction of sp³-hybridized carbons (Fsp3) is 0.167. The number of hydrogen-bond donors (Lipinski definition) is 2. The lowest BCUT2D eigenvalue weighted by Crippen LogP contribution is -1.83. The Morgan fingerprint density at radius 2 is 1.86 bits per heavy atom. The minimum Gasteiger partial charge on any atom is -0.507 e. The topological polar surface area (TPSA) is 20.2 Å². The van der Waals surface area contributed by atoms with Crippen LogP contribution in [-0.2, 0) is 0 Å². The Kier molecular flexibility index (Phi) is 2.16. The molecule has 0 aliphatic heterocycles. The maximum Gasteiger partial charge on any atom is 0.127 e. The van der Waals surface area contributed by atoms with Gasteiger partial charge in [0.25, 0.3) is 0 Å². The van der Waals surface area contributed by atoms with Crippen molar-refractivity contribution >= 4 is 23.4 Å². The molecule has 0 atom stereocenters. The van der Waals surface area contributed by atoms with Crippen LogP contribution in [0, 0.1) is 13.8 Å². The molecule has 0 heterocycles. The summed E-state index contributed by atoms with van der Waals surface area (Å²) in [6.07, 6.45) is 0. The Morgan fingerprint density at radius 3 is 2.57 bits per heavy atom. The number of rotatable bonds is 0. The highest BCUT2D eigenvalue weighted by Gasteiger charge is 2.06. The molecular formula is C12H12OS. The fourth-order valence-electron chi connectivity index (χ4n) is 1.58. The molecule has 2 aromatic carbocycles. The molecular weight excluding hydrogens is 192 g/mol. The summed E-state index contributed by atoms with van der Waals surface area (Å²) in [6, 6.07) is 8.01. The van der Waals surface area contributed by atoms with E-state index in [9.17, 15) is 5.11 Å². The minimum atomic E-state index is 0.344. The molecule has 0 aliphatic carbocycles. The summed E-state index contributed by atoms with van der Waals surface area (Å²) in [6.45, 7) is 3.89. The van der Waals surface area contributed by atoms with Gasteiger partial charge in [0.05, 0.1) is 0 Å². The Labute approximate surface area is 88.8 Å². The molecule has 0 amide bonds. The fourth-order valence-corrected chi connectivity index (χ4v) is 1.82. The molecule has 0 bridgehead atoms. The van der Waals surface area contributed by atoms with Crippen LogP contribution in [0.2, 0.25) is 0 Å². The number of hydrogen-bond acceptors (Lipinski definition) is 2. The predicted octanol–water partition coefficient (Wildman–Crippen LogP) is 3.45. The molecule has 2 aromatic rings. The molecule has 2 rings (SSSR count). The van der Waals surface area contributed by atoms with Crippen LogP contribution in [-0.4, -0.2) is 5.11 Å². The number of phenols is 1. The van der Waals surface area contributed by atoms with Gasteiger partial charge in [0, 0.05) is 15.8 Å². The van der Waals surface area contributed by atoms with Crippen LogP contribution < -0.4 is 0 Å². The van der Waals surface area contributed by atoms with Crippen LogP contribution in [0.15, 0.2) is 29.2 Å². The van der Waals surface area contributed by atoms with Crippen LogP contribution in [0.4, 0.5) is 0 Å². The van der Waals surface area contributed by atoms with Crippen LogP contribution >= 0.6 is 12.6 Å². The second-order valence-electron chi connectivity index (χ2n) is 3.59. The Bertz CT molecular complexity index is 503. The van der Waals surface area contributed by atoms with Gasteiger partial charge in [0.2, 0.25) is 0 Å². The molecule has 72 valence electrons. The molecule has 0 radical (unpaired) electrons. The lowest BCUT2D eigenvalue weighted by atomic mass is 10.0. The van der Waals surface area contributed by atoms with Gasteiger partial charge >= 0.3 is 0 Å². The van der Waals surface area contributed by atoms with E-state index in [0.29, 0.717) is 5.75 Å². The van der Waals surface area contributed by atoms with Gasteiger partial charge in [-0.05, 0) is 31.4 Å². The molecule has 1 N–H and O–H groups in total. The molecule has 0 aromatic heterocycles. The Hall–Kier alpha value is -1.15. The summed E-state index contributed by atoms with van der Waals surface area (Å²) in [7, 11) is 0. The molecule has 0 fully saturated rings. The second kappa shape index (κ2) is 3.21. The normalized spacial score (nSPS) is 10.8. The molecule has 0 unspecified atom stereocenters. The van der Waals surface area contributed by atoms with Gasteiger partial charge < -0.3 is 5.11 Å². The lowest BCUT2D eigenvalue weighted by molar-refractivity contribution is 0.476. The van der Waals surface area contributed by atoms with Crippen molar-refractivity contribution in [1.29, 1.82) is 0 Å². The molecule has 0 saturated heterocycles. The number of aryl methyl sites for hydroxylation is 1. The first-order valence-electron chi connectivity index (χ1n) is 4.51. The van der Waals surface area contributed by atoms with Crippen LogP contribution in [0.3, 0.4) is 0 Å². The number of aromatic hydroxyl groups is 1. The van der Waals surface area contributed by atoms with Gasteiger partial charge in [0.1, 0.15) is 5.75 Å². The minimum absolute atomic E-state index is 0.344. The zero-order valence-electron chi connectivity index (χ0n) is 8.20. The smallest absolute Gasteiger partial charge is 0.127 e. The van der Waals surface area contributed by atoms with Crippen LogP contribution in [0.25, 0.3) is 10.8 Å². The molecule has 1 nitrogen and oxygen atoms in total. The van der Waals surface area contributed by atoms with Crippen molar-refractivity contribution in [1.82, 2.24) is 0 Å². The first-order chi connectivity index (χ1) is 6.59. The highest BCUT2D eigenvalue weighted by molar-refractivity contribution is 7.80. The number of benzene rings is 2. The largest absolute Gasteiger partial charge is 0.507 e. The quantitative estimate of drug-likeness (QED) is 0.630. The van der Waals surface area contributed by atoms with E-state index < -0.39 is 0 Å². The molecule has 14 heavy (non-hydrogen) atoms. The maximum atomic E-state index is 9.91. The van der Waals surface area contributed by atoms with Crippen molar-refractivity contribution < 1.29 is 5.11 Å². The molecule has 0 saturated carbocycles. The van der Waals surface area contributed by atoms with Gasteiger partial charge in [-0.2, -0.15) is 0 Å². The van der Waals surface area contributed by atoms with Crippen LogP contribution in [0.5, 0.6) is 5.75 Å². The van der Waals surface area contributed by atoms with Gasteiger partial charge in [-0.25, -0.2) is 0 Å². The summed E-state index contributed by atoms with van der Waals surface area (Å²) >= 11 is 4.31. The van der Waals surface area contributed by atoms with E-state index in [1.807, 2.05) is 38.1 Å². The van der Waals surface area contributed by atoms with Crippen molar-refractivity contribution in [2.75, 3.05) is 0 Å². The van der Waals surface area contributed by atoms with Gasteiger partial charge in [0.15, 0.2) is 0 Å².